The zero-order valence-electron chi connectivity index (χ0n) is 10.7. The van der Waals surface area contributed by atoms with Crippen LogP contribution in [0, 0.1) is 0 Å². The van der Waals surface area contributed by atoms with E-state index in [-0.39, 0.29) is 0 Å². The topological polar surface area (TPSA) is 27.8 Å². The van der Waals surface area contributed by atoms with E-state index < -0.39 is 0 Å². The number of hydrogen-bond donors (Lipinski definition) is 2. The van der Waals surface area contributed by atoms with E-state index in [1.54, 1.807) is 0 Å². The third-order valence-corrected chi connectivity index (χ3v) is 4.30. The fourth-order valence-corrected chi connectivity index (χ4v) is 2.03. The van der Waals surface area contributed by atoms with Gasteiger partial charge >= 0.3 is 0 Å². The van der Waals surface area contributed by atoms with Gasteiger partial charge in [0.2, 0.25) is 0 Å². The number of fused-ring (bicyclic) bond motifs is 1. The molecular formula is C14H20N2S. The van der Waals surface area contributed by atoms with Gasteiger partial charge in [-0.2, -0.15) is 11.8 Å². The SMILES string of the molecule is CSC(C)(C)CNCc1ccc2cc[nH]c2c1. The van der Waals surface area contributed by atoms with Crippen LogP contribution < -0.4 is 5.32 Å². The molecule has 0 saturated carbocycles. The molecule has 2 N–H and O–H groups in total. The van der Waals surface area contributed by atoms with Gasteiger partial charge in [-0.25, -0.2) is 0 Å². The van der Waals surface area contributed by atoms with Crippen molar-refractivity contribution >= 4 is 22.7 Å². The van der Waals surface area contributed by atoms with Crippen LogP contribution in [0.2, 0.25) is 0 Å². The molecule has 0 fully saturated rings. The zero-order chi connectivity index (χ0) is 12.3. The number of thioether (sulfide) groups is 1. The molecule has 17 heavy (non-hydrogen) atoms. The van der Waals surface area contributed by atoms with E-state index in [1.165, 1.54) is 16.5 Å². The molecule has 1 aromatic carbocycles. The molecule has 0 atom stereocenters. The van der Waals surface area contributed by atoms with Crippen molar-refractivity contribution in [3.63, 3.8) is 0 Å². The van der Waals surface area contributed by atoms with E-state index in [1.807, 2.05) is 18.0 Å². The molecular weight excluding hydrogens is 228 g/mol. The van der Waals surface area contributed by atoms with E-state index in [0.29, 0.717) is 4.75 Å². The maximum absolute atomic E-state index is 3.52. The predicted molar refractivity (Wildman–Crippen MR) is 77.6 cm³/mol. The minimum absolute atomic E-state index is 0.302. The van der Waals surface area contributed by atoms with Crippen molar-refractivity contribution < 1.29 is 0 Å². The number of hydrogen-bond acceptors (Lipinski definition) is 2. The molecule has 1 aromatic heterocycles. The Morgan fingerprint density at radius 2 is 2.12 bits per heavy atom. The Morgan fingerprint density at radius 3 is 2.88 bits per heavy atom. The van der Waals surface area contributed by atoms with Gasteiger partial charge in [-0.05, 0) is 43.2 Å². The fraction of sp³-hybridized carbons (Fsp3) is 0.429. The second-order valence-electron chi connectivity index (χ2n) is 4.97. The second kappa shape index (κ2) is 5.15. The smallest absolute Gasteiger partial charge is 0.0457 e. The molecule has 3 heteroatoms. The number of H-pyrrole nitrogens is 1. The van der Waals surface area contributed by atoms with Gasteiger partial charge in [0, 0.05) is 29.6 Å². The molecule has 0 saturated heterocycles. The monoisotopic (exact) mass is 248 g/mol. The standard InChI is InChI=1S/C14H20N2S/c1-14(2,17-3)10-15-9-11-4-5-12-6-7-16-13(12)8-11/h4-8,15-16H,9-10H2,1-3H3. The summed E-state index contributed by atoms with van der Waals surface area (Å²) in [5.41, 5.74) is 2.55. The minimum Gasteiger partial charge on any atom is -0.361 e. The fourth-order valence-electron chi connectivity index (χ4n) is 1.78. The second-order valence-corrected chi connectivity index (χ2v) is 6.48. The Kier molecular flexibility index (Phi) is 3.79. The summed E-state index contributed by atoms with van der Waals surface area (Å²) in [6.45, 7) is 6.48. The maximum Gasteiger partial charge on any atom is 0.0457 e. The minimum atomic E-state index is 0.302. The Balaban J connectivity index is 1.95. The largest absolute Gasteiger partial charge is 0.361 e. The third-order valence-electron chi connectivity index (χ3n) is 3.05. The molecule has 2 rings (SSSR count). The highest BCUT2D eigenvalue weighted by molar-refractivity contribution is 7.99. The summed E-state index contributed by atoms with van der Waals surface area (Å²) in [5.74, 6) is 0. The average Bonchev–Trinajstić information content (AvgIpc) is 2.76. The summed E-state index contributed by atoms with van der Waals surface area (Å²) < 4.78 is 0.302. The van der Waals surface area contributed by atoms with Gasteiger partial charge in [-0.15, -0.1) is 0 Å². The van der Waals surface area contributed by atoms with Gasteiger partial charge in [-0.1, -0.05) is 12.1 Å². The normalized spacial score (nSPS) is 12.2. The molecule has 0 aliphatic rings. The average molecular weight is 248 g/mol. The first-order valence-corrected chi connectivity index (χ1v) is 7.15. The van der Waals surface area contributed by atoms with Crippen molar-refractivity contribution in [1.29, 1.82) is 0 Å². The lowest BCUT2D eigenvalue weighted by atomic mass is 10.1. The molecule has 0 aliphatic carbocycles. The Bertz CT molecular complexity index is 488. The number of aromatic amines is 1. The lowest BCUT2D eigenvalue weighted by Crippen LogP contribution is -2.31. The molecule has 0 aliphatic heterocycles. The lowest BCUT2D eigenvalue weighted by molar-refractivity contribution is 0.591. The van der Waals surface area contributed by atoms with Gasteiger partial charge in [0.15, 0.2) is 0 Å². The molecule has 2 aromatic rings. The highest BCUT2D eigenvalue weighted by atomic mass is 32.2. The van der Waals surface area contributed by atoms with Gasteiger partial charge in [0.25, 0.3) is 0 Å². The van der Waals surface area contributed by atoms with Crippen LogP contribution in [0.3, 0.4) is 0 Å². The number of rotatable bonds is 5. The van der Waals surface area contributed by atoms with Gasteiger partial charge in [0.05, 0.1) is 0 Å². The molecule has 2 nitrogen and oxygen atoms in total. The van der Waals surface area contributed by atoms with Crippen LogP contribution in [-0.4, -0.2) is 22.5 Å². The van der Waals surface area contributed by atoms with Crippen LogP contribution >= 0.6 is 11.8 Å². The van der Waals surface area contributed by atoms with Gasteiger partial charge in [0.1, 0.15) is 0 Å². The quantitative estimate of drug-likeness (QED) is 0.849. The molecule has 0 bridgehead atoms. The molecule has 0 spiro atoms. The zero-order valence-corrected chi connectivity index (χ0v) is 11.5. The summed E-state index contributed by atoms with van der Waals surface area (Å²) in [4.78, 5) is 3.25. The molecule has 0 radical (unpaired) electrons. The van der Waals surface area contributed by atoms with E-state index in [9.17, 15) is 0 Å². The Morgan fingerprint density at radius 1 is 1.29 bits per heavy atom. The number of nitrogens with one attached hydrogen (secondary N) is 2. The highest BCUT2D eigenvalue weighted by Gasteiger charge is 2.14. The van der Waals surface area contributed by atoms with Crippen molar-refractivity contribution in [3.8, 4) is 0 Å². The van der Waals surface area contributed by atoms with E-state index >= 15 is 0 Å². The number of benzene rings is 1. The molecule has 0 amide bonds. The summed E-state index contributed by atoms with van der Waals surface area (Å²) in [5, 5.41) is 4.79. The van der Waals surface area contributed by atoms with Crippen LogP contribution in [-0.2, 0) is 6.54 Å². The van der Waals surface area contributed by atoms with Crippen LogP contribution in [0.15, 0.2) is 30.5 Å². The highest BCUT2D eigenvalue weighted by Crippen LogP contribution is 2.20. The summed E-state index contributed by atoms with van der Waals surface area (Å²) in [6.07, 6.45) is 4.14. The van der Waals surface area contributed by atoms with Crippen molar-refractivity contribution in [1.82, 2.24) is 10.3 Å². The van der Waals surface area contributed by atoms with Crippen molar-refractivity contribution in [2.24, 2.45) is 0 Å². The van der Waals surface area contributed by atoms with E-state index in [4.69, 9.17) is 0 Å². The lowest BCUT2D eigenvalue weighted by Gasteiger charge is -2.22. The molecule has 92 valence electrons. The first-order valence-electron chi connectivity index (χ1n) is 5.93. The summed E-state index contributed by atoms with van der Waals surface area (Å²) in [6, 6.07) is 8.68. The van der Waals surface area contributed by atoms with Crippen molar-refractivity contribution in [2.75, 3.05) is 12.8 Å². The van der Waals surface area contributed by atoms with Crippen molar-refractivity contribution in [2.45, 2.75) is 25.1 Å². The molecule has 1 heterocycles. The number of aromatic nitrogens is 1. The third kappa shape index (κ3) is 3.27. The summed E-state index contributed by atoms with van der Waals surface area (Å²) in [7, 11) is 0. The van der Waals surface area contributed by atoms with E-state index in [0.717, 1.165) is 13.1 Å². The van der Waals surface area contributed by atoms with E-state index in [2.05, 4.69) is 54.7 Å². The maximum atomic E-state index is 3.52. The van der Waals surface area contributed by atoms with Crippen LogP contribution in [0.5, 0.6) is 0 Å². The molecule has 0 unspecified atom stereocenters. The van der Waals surface area contributed by atoms with Crippen LogP contribution in [0.25, 0.3) is 10.9 Å². The van der Waals surface area contributed by atoms with Gasteiger partial charge < -0.3 is 10.3 Å². The van der Waals surface area contributed by atoms with Crippen LogP contribution in [0.1, 0.15) is 19.4 Å². The predicted octanol–water partition coefficient (Wildman–Crippen LogP) is 3.40. The first kappa shape index (κ1) is 12.5. The summed E-state index contributed by atoms with van der Waals surface area (Å²) >= 11 is 1.90. The first-order chi connectivity index (χ1) is 8.11. The Labute approximate surface area is 107 Å². The van der Waals surface area contributed by atoms with Crippen molar-refractivity contribution in [3.05, 3.63) is 36.0 Å². The Hall–Kier alpha value is -0.930. The van der Waals surface area contributed by atoms with Gasteiger partial charge in [-0.3, -0.25) is 0 Å². The van der Waals surface area contributed by atoms with Crippen LogP contribution in [0.4, 0.5) is 0 Å².